The van der Waals surface area contributed by atoms with E-state index in [1.807, 2.05) is 6.07 Å². The largest absolute Gasteiger partial charge is 0.444 e. The average Bonchev–Trinajstić information content (AvgIpc) is 3.36. The summed E-state index contributed by atoms with van der Waals surface area (Å²) >= 11 is 0. The molecular weight excluding hydrogens is 479 g/mol. The number of nitrogens with zero attached hydrogens (tertiary/aromatic N) is 4. The predicted molar refractivity (Wildman–Crippen MR) is 136 cm³/mol. The highest BCUT2D eigenvalue weighted by molar-refractivity contribution is 5.98. The third kappa shape index (κ3) is 6.72. The maximum absolute atomic E-state index is 15.1. The highest BCUT2D eigenvalue weighted by Gasteiger charge is 2.30. The Morgan fingerprint density at radius 2 is 1.89 bits per heavy atom. The van der Waals surface area contributed by atoms with Crippen LogP contribution in [0.5, 0.6) is 0 Å². The molecule has 1 aliphatic rings. The van der Waals surface area contributed by atoms with E-state index >= 15 is 4.39 Å². The summed E-state index contributed by atoms with van der Waals surface area (Å²) in [5.41, 5.74) is 6.10. The SMILES string of the molecule is CC(C)(C)OC(=O)N[C@H]1CCCC[C@H]1Nc1nc(Nc2cccc(-n3ccnn3)c2)c(C(N)=O)cc1F. The normalized spacial score (nSPS) is 17.6. The summed E-state index contributed by atoms with van der Waals surface area (Å²) in [6.45, 7) is 5.37. The molecule has 1 fully saturated rings. The van der Waals surface area contributed by atoms with Crippen LogP contribution in [0.15, 0.2) is 42.7 Å². The van der Waals surface area contributed by atoms with Crippen LogP contribution in [0.4, 0.5) is 26.5 Å². The van der Waals surface area contributed by atoms with Gasteiger partial charge >= 0.3 is 6.09 Å². The summed E-state index contributed by atoms with van der Waals surface area (Å²) in [7, 11) is 0. The molecule has 1 saturated carbocycles. The lowest BCUT2D eigenvalue weighted by atomic mass is 9.90. The Hall–Kier alpha value is -4.22. The molecule has 2 amide bonds. The molecule has 0 aliphatic heterocycles. The van der Waals surface area contributed by atoms with Crippen LogP contribution in [-0.4, -0.2) is 49.7 Å². The molecule has 11 nitrogen and oxygen atoms in total. The second-order valence-corrected chi connectivity index (χ2v) is 9.89. The van der Waals surface area contributed by atoms with Gasteiger partial charge in [-0.2, -0.15) is 0 Å². The maximum Gasteiger partial charge on any atom is 0.407 e. The van der Waals surface area contributed by atoms with Gasteiger partial charge in [-0.15, -0.1) is 5.10 Å². The number of carbonyl (C=O) groups excluding carboxylic acids is 2. The summed E-state index contributed by atoms with van der Waals surface area (Å²) in [6.07, 6.45) is 5.95. The molecule has 0 unspecified atom stereocenters. The summed E-state index contributed by atoms with van der Waals surface area (Å²) in [5.74, 6) is -1.50. The number of alkyl carbamates (subject to hydrolysis) is 1. The molecule has 0 spiro atoms. The van der Waals surface area contributed by atoms with Crippen molar-refractivity contribution in [1.82, 2.24) is 25.3 Å². The average molecular weight is 511 g/mol. The number of rotatable bonds is 7. The Bertz CT molecular complexity index is 1260. The highest BCUT2D eigenvalue weighted by Crippen LogP contribution is 2.28. The quantitative estimate of drug-likeness (QED) is 0.374. The van der Waals surface area contributed by atoms with Crippen molar-refractivity contribution in [1.29, 1.82) is 0 Å². The molecule has 1 aliphatic carbocycles. The highest BCUT2D eigenvalue weighted by atomic mass is 19.1. The van der Waals surface area contributed by atoms with Gasteiger partial charge in [0.25, 0.3) is 5.91 Å². The summed E-state index contributed by atoms with van der Waals surface area (Å²) in [5, 5.41) is 16.8. The van der Waals surface area contributed by atoms with Gasteiger partial charge in [0.05, 0.1) is 29.7 Å². The monoisotopic (exact) mass is 510 g/mol. The Morgan fingerprint density at radius 3 is 2.57 bits per heavy atom. The molecule has 3 aromatic rings. The van der Waals surface area contributed by atoms with E-state index in [-0.39, 0.29) is 29.3 Å². The summed E-state index contributed by atoms with van der Waals surface area (Å²) < 4.78 is 22.0. The fourth-order valence-corrected chi connectivity index (χ4v) is 4.19. The van der Waals surface area contributed by atoms with Crippen LogP contribution in [0.3, 0.4) is 0 Å². The van der Waals surface area contributed by atoms with E-state index in [1.54, 1.807) is 56.0 Å². The molecule has 4 rings (SSSR count). The number of hydrogen-bond donors (Lipinski definition) is 4. The van der Waals surface area contributed by atoms with Crippen LogP contribution in [0.25, 0.3) is 5.69 Å². The number of amides is 2. The minimum Gasteiger partial charge on any atom is -0.444 e. The standard InChI is InChI=1S/C25H31FN8O3/c1-25(2,3)37-24(36)31-20-10-5-4-9-19(20)30-23-18(26)14-17(21(27)35)22(32-23)29-15-7-6-8-16(13-15)34-12-11-28-33-34/h6-8,11-14,19-20H,4-5,9-10H2,1-3H3,(H2,27,35)(H,31,36)(H2,29,30,32)/t19-,20+/m1/s1. The van der Waals surface area contributed by atoms with Crippen LogP contribution in [0, 0.1) is 5.82 Å². The lowest BCUT2D eigenvalue weighted by Gasteiger charge is -2.34. The third-order valence-corrected chi connectivity index (χ3v) is 5.83. The van der Waals surface area contributed by atoms with Crippen LogP contribution in [0.1, 0.15) is 56.8 Å². The van der Waals surface area contributed by atoms with Gasteiger partial charge in [0, 0.05) is 11.7 Å². The lowest BCUT2D eigenvalue weighted by molar-refractivity contribution is 0.0488. The Morgan fingerprint density at radius 1 is 1.14 bits per heavy atom. The Labute approximate surface area is 214 Å². The van der Waals surface area contributed by atoms with E-state index in [0.717, 1.165) is 24.6 Å². The molecule has 0 bridgehead atoms. The third-order valence-electron chi connectivity index (χ3n) is 5.83. The van der Waals surface area contributed by atoms with Crippen LogP contribution in [-0.2, 0) is 4.74 Å². The first-order valence-electron chi connectivity index (χ1n) is 12.1. The number of aromatic nitrogens is 4. The van der Waals surface area contributed by atoms with Gasteiger partial charge in [-0.25, -0.2) is 18.9 Å². The van der Waals surface area contributed by atoms with E-state index in [0.29, 0.717) is 18.5 Å². The zero-order valence-electron chi connectivity index (χ0n) is 21.0. The number of carbonyl (C=O) groups is 2. The first kappa shape index (κ1) is 25.9. The number of benzene rings is 1. The van der Waals surface area contributed by atoms with E-state index in [2.05, 4.69) is 31.2 Å². The first-order chi connectivity index (χ1) is 17.6. The number of halogens is 1. The number of nitrogens with one attached hydrogen (secondary N) is 3. The summed E-state index contributed by atoms with van der Waals surface area (Å²) in [4.78, 5) is 28.8. The molecule has 2 aromatic heterocycles. The predicted octanol–water partition coefficient (Wildman–Crippen LogP) is 3.89. The maximum atomic E-state index is 15.1. The number of pyridine rings is 1. The molecular formula is C25H31FN8O3. The molecule has 1 aromatic carbocycles. The van der Waals surface area contributed by atoms with Crippen molar-refractivity contribution in [2.45, 2.75) is 64.1 Å². The topological polar surface area (TPSA) is 149 Å². The molecule has 2 heterocycles. The van der Waals surface area contributed by atoms with Crippen molar-refractivity contribution >= 4 is 29.3 Å². The van der Waals surface area contributed by atoms with Crippen LogP contribution >= 0.6 is 0 Å². The van der Waals surface area contributed by atoms with E-state index < -0.39 is 23.4 Å². The van der Waals surface area contributed by atoms with Crippen molar-refractivity contribution in [3.8, 4) is 5.69 Å². The van der Waals surface area contributed by atoms with Crippen LogP contribution in [0.2, 0.25) is 0 Å². The smallest absolute Gasteiger partial charge is 0.407 e. The molecule has 2 atom stereocenters. The zero-order chi connectivity index (χ0) is 26.6. The van der Waals surface area contributed by atoms with Gasteiger partial charge in [0.2, 0.25) is 0 Å². The number of anilines is 3. The fraction of sp³-hybridized carbons (Fsp3) is 0.400. The number of ether oxygens (including phenoxy) is 1. The molecule has 12 heteroatoms. The summed E-state index contributed by atoms with van der Waals surface area (Å²) in [6, 6.07) is 7.66. The van der Waals surface area contributed by atoms with E-state index in [4.69, 9.17) is 10.5 Å². The van der Waals surface area contributed by atoms with Gasteiger partial charge < -0.3 is 26.4 Å². The fourth-order valence-electron chi connectivity index (χ4n) is 4.19. The number of nitrogens with two attached hydrogens (primary N) is 1. The van der Waals surface area contributed by atoms with E-state index in [1.165, 1.54) is 0 Å². The van der Waals surface area contributed by atoms with Crippen molar-refractivity contribution < 1.29 is 18.7 Å². The van der Waals surface area contributed by atoms with Crippen molar-refractivity contribution in [3.05, 3.63) is 54.1 Å². The second kappa shape index (κ2) is 10.8. The van der Waals surface area contributed by atoms with Gasteiger partial charge in [-0.05, 0) is 57.9 Å². The molecule has 196 valence electrons. The Kier molecular flexibility index (Phi) is 7.55. The van der Waals surface area contributed by atoms with E-state index in [9.17, 15) is 9.59 Å². The van der Waals surface area contributed by atoms with Gasteiger partial charge in [0.1, 0.15) is 11.4 Å². The minimum absolute atomic E-state index is 0.0529. The molecule has 0 radical (unpaired) electrons. The molecule has 5 N–H and O–H groups in total. The van der Waals surface area contributed by atoms with Crippen molar-refractivity contribution in [3.63, 3.8) is 0 Å². The zero-order valence-corrected chi connectivity index (χ0v) is 21.0. The molecule has 0 saturated heterocycles. The number of primary amides is 1. The van der Waals surface area contributed by atoms with Gasteiger partial charge in [0.15, 0.2) is 11.6 Å². The lowest BCUT2D eigenvalue weighted by Crippen LogP contribution is -2.50. The second-order valence-electron chi connectivity index (χ2n) is 9.89. The minimum atomic E-state index is -0.824. The molecule has 37 heavy (non-hydrogen) atoms. The van der Waals surface area contributed by atoms with Crippen molar-refractivity contribution in [2.24, 2.45) is 5.73 Å². The van der Waals surface area contributed by atoms with Crippen molar-refractivity contribution in [2.75, 3.05) is 10.6 Å². The van der Waals surface area contributed by atoms with Gasteiger partial charge in [-0.1, -0.05) is 24.1 Å². The number of hydrogen-bond acceptors (Lipinski definition) is 8. The first-order valence-corrected chi connectivity index (χ1v) is 12.1. The van der Waals surface area contributed by atoms with Crippen LogP contribution < -0.4 is 21.7 Å². The Balaban J connectivity index is 1.57. The van der Waals surface area contributed by atoms with Gasteiger partial charge in [-0.3, -0.25) is 4.79 Å².